The molecule has 2 heterocycles. The summed E-state index contributed by atoms with van der Waals surface area (Å²) in [5, 5.41) is 0.691. The predicted molar refractivity (Wildman–Crippen MR) is 179 cm³/mol. The van der Waals surface area contributed by atoms with Crippen molar-refractivity contribution in [1.29, 1.82) is 0 Å². The van der Waals surface area contributed by atoms with Gasteiger partial charge in [0.2, 0.25) is 5.91 Å². The summed E-state index contributed by atoms with van der Waals surface area (Å²) < 4.78 is 47.5. The van der Waals surface area contributed by atoms with E-state index in [0.717, 1.165) is 49.7 Å². The average molecular weight is 686 g/mol. The van der Waals surface area contributed by atoms with Crippen LogP contribution in [0, 0.1) is 17.3 Å². The van der Waals surface area contributed by atoms with Crippen LogP contribution in [0.4, 0.5) is 10.5 Å². The monoisotopic (exact) mass is 685 g/mol. The zero-order valence-electron chi connectivity index (χ0n) is 27.1. The van der Waals surface area contributed by atoms with E-state index in [1.54, 1.807) is 19.2 Å². The normalized spacial score (nSPS) is 26.4. The first-order valence-corrected chi connectivity index (χ1v) is 18.4. The molecule has 3 atom stereocenters. The SMILES string of the molecule is COC(=O)N1C/C=C/[C@@H](OC)[C@@H]2CC[C@H]2CN2CCCCc3cc(Cl)ccc3COc3ccc(cc32)S(=O)(=O)NC(=O)C2(CCC2)C1. The molecule has 2 aromatic carbocycles. The highest BCUT2D eigenvalue weighted by Gasteiger charge is 2.48. The molecule has 0 radical (unpaired) electrons. The molecular weight excluding hydrogens is 642 g/mol. The van der Waals surface area contributed by atoms with Crippen LogP contribution in [0.2, 0.25) is 5.02 Å². The predicted octanol–water partition coefficient (Wildman–Crippen LogP) is 5.72. The Bertz CT molecular complexity index is 1630. The van der Waals surface area contributed by atoms with Crippen molar-refractivity contribution in [3.05, 3.63) is 64.7 Å². The Morgan fingerprint density at radius 1 is 1.06 bits per heavy atom. The van der Waals surface area contributed by atoms with Crippen LogP contribution in [-0.4, -0.2) is 71.8 Å². The highest BCUT2D eigenvalue weighted by atomic mass is 35.5. The molecule has 2 aliphatic carbocycles. The second-order valence-electron chi connectivity index (χ2n) is 13.3. The molecule has 0 saturated heterocycles. The van der Waals surface area contributed by atoms with E-state index in [-0.39, 0.29) is 30.0 Å². The largest absolute Gasteiger partial charge is 0.487 e. The smallest absolute Gasteiger partial charge is 0.409 e. The van der Waals surface area contributed by atoms with Crippen LogP contribution >= 0.6 is 11.6 Å². The highest BCUT2D eigenvalue weighted by Crippen LogP contribution is 2.44. The number of anilines is 1. The lowest BCUT2D eigenvalue weighted by atomic mass is 9.68. The van der Waals surface area contributed by atoms with Gasteiger partial charge in [0, 0.05) is 38.3 Å². The minimum absolute atomic E-state index is 0.00883. The Kier molecular flexibility index (Phi) is 10.1. The van der Waals surface area contributed by atoms with E-state index >= 15 is 0 Å². The third-order valence-electron chi connectivity index (χ3n) is 10.5. The van der Waals surface area contributed by atoms with Crippen LogP contribution in [0.1, 0.15) is 56.1 Å². The van der Waals surface area contributed by atoms with Crippen molar-refractivity contribution in [3.8, 4) is 5.75 Å². The molecular formula is C35H44ClN3O7S. The van der Waals surface area contributed by atoms with Crippen LogP contribution < -0.4 is 14.4 Å². The number of benzene rings is 2. The molecule has 0 aromatic heterocycles. The van der Waals surface area contributed by atoms with E-state index in [1.807, 2.05) is 30.4 Å². The molecule has 2 saturated carbocycles. The zero-order valence-corrected chi connectivity index (χ0v) is 28.7. The number of hydrogen-bond donors (Lipinski definition) is 1. The number of carbonyl (C=O) groups excluding carboxylic acids is 2. The molecule has 0 unspecified atom stereocenters. The lowest BCUT2D eigenvalue weighted by Crippen LogP contribution is -2.54. The fraction of sp³-hybridized carbons (Fsp3) is 0.543. The summed E-state index contributed by atoms with van der Waals surface area (Å²) in [6.07, 6.45) is 9.56. The van der Waals surface area contributed by atoms with Gasteiger partial charge < -0.3 is 24.0 Å². The zero-order chi connectivity index (χ0) is 33.2. The Labute approximate surface area is 282 Å². The minimum Gasteiger partial charge on any atom is -0.487 e. The molecule has 6 rings (SSSR count). The van der Waals surface area contributed by atoms with E-state index in [2.05, 4.69) is 9.62 Å². The molecule has 1 spiro atoms. The van der Waals surface area contributed by atoms with Crippen molar-refractivity contribution >= 4 is 39.3 Å². The average Bonchev–Trinajstić information content (AvgIpc) is 3.05. The molecule has 47 heavy (non-hydrogen) atoms. The van der Waals surface area contributed by atoms with E-state index < -0.39 is 27.4 Å². The number of hydrogen-bond acceptors (Lipinski definition) is 8. The number of nitrogens with zero attached hydrogens (tertiary/aromatic N) is 2. The van der Waals surface area contributed by atoms with Crippen LogP contribution in [0.5, 0.6) is 5.75 Å². The lowest BCUT2D eigenvalue weighted by molar-refractivity contribution is -0.135. The number of fused-ring (bicyclic) bond motifs is 3. The summed E-state index contributed by atoms with van der Waals surface area (Å²) in [4.78, 5) is 30.2. The molecule has 12 heteroatoms. The van der Waals surface area contributed by atoms with Gasteiger partial charge in [-0.1, -0.05) is 36.2 Å². The number of carbonyl (C=O) groups is 2. The molecule has 254 valence electrons. The third-order valence-corrected chi connectivity index (χ3v) is 12.0. The number of aryl methyl sites for hydroxylation is 1. The summed E-state index contributed by atoms with van der Waals surface area (Å²) in [6.45, 7) is 1.98. The number of halogens is 1. The number of nitrogens with one attached hydrogen (secondary N) is 1. The Balaban J connectivity index is 1.40. The molecule has 1 N–H and O–H groups in total. The van der Waals surface area contributed by atoms with Crippen LogP contribution in [0.25, 0.3) is 0 Å². The van der Waals surface area contributed by atoms with Crippen LogP contribution in [0.3, 0.4) is 0 Å². The topological polar surface area (TPSA) is 114 Å². The van der Waals surface area contributed by atoms with Gasteiger partial charge in [0.05, 0.1) is 29.2 Å². The van der Waals surface area contributed by atoms with E-state index in [0.29, 0.717) is 54.9 Å². The summed E-state index contributed by atoms with van der Waals surface area (Å²) in [7, 11) is -1.24. The standard InChI is InChI=1S/C35H44ClN3O7S/c1-44-31-8-5-18-39(34(41)45-2)23-35(15-6-16-35)33(40)37-47(42,43)28-12-14-32-30(20-28)38(21-25-10-13-29(25)31)17-4-3-7-24-19-27(36)11-9-26(24)22-46-32/h5,8-9,11-12,14,19-20,25,29,31H,3-4,6-7,10,13,15-18,21-23H2,1-2H3,(H,37,40)/b8-5+/t25-,29+,31+/m0/s1. The van der Waals surface area contributed by atoms with E-state index in [9.17, 15) is 18.0 Å². The molecule has 2 amide bonds. The molecule has 2 aromatic rings. The maximum absolute atomic E-state index is 13.8. The Morgan fingerprint density at radius 2 is 1.89 bits per heavy atom. The van der Waals surface area contributed by atoms with Gasteiger partial charge in [-0.3, -0.25) is 4.79 Å². The fourth-order valence-corrected chi connectivity index (χ4v) is 8.68. The summed E-state index contributed by atoms with van der Waals surface area (Å²) in [5.74, 6) is 0.516. The van der Waals surface area contributed by atoms with Gasteiger partial charge in [0.1, 0.15) is 12.4 Å². The first-order chi connectivity index (χ1) is 22.6. The maximum atomic E-state index is 13.8. The molecule has 2 fully saturated rings. The fourth-order valence-electron chi connectivity index (χ4n) is 7.39. The molecule has 10 nitrogen and oxygen atoms in total. The first-order valence-electron chi connectivity index (χ1n) is 16.5. The third kappa shape index (κ3) is 7.12. The second kappa shape index (κ2) is 14.1. The number of sulfonamides is 1. The van der Waals surface area contributed by atoms with Crippen LogP contribution in [0.15, 0.2) is 53.4 Å². The lowest BCUT2D eigenvalue weighted by Gasteiger charge is -2.43. The quantitative estimate of drug-likeness (QED) is 0.380. The first kappa shape index (κ1) is 33.6. The van der Waals surface area contributed by atoms with Gasteiger partial charge in [-0.25, -0.2) is 17.9 Å². The number of amides is 2. The van der Waals surface area contributed by atoms with Crippen molar-refractivity contribution in [3.63, 3.8) is 0 Å². The van der Waals surface area contributed by atoms with Crippen molar-refractivity contribution in [2.75, 3.05) is 45.3 Å². The van der Waals surface area contributed by atoms with Gasteiger partial charge in [0.25, 0.3) is 10.0 Å². The Hall–Kier alpha value is -3.28. The Morgan fingerprint density at radius 3 is 2.60 bits per heavy atom. The molecule has 4 aliphatic rings. The number of methoxy groups -OCH3 is 2. The van der Waals surface area contributed by atoms with Gasteiger partial charge >= 0.3 is 6.09 Å². The summed E-state index contributed by atoms with van der Waals surface area (Å²) in [6, 6.07) is 10.7. The van der Waals surface area contributed by atoms with Crippen molar-refractivity contribution in [2.24, 2.45) is 17.3 Å². The number of rotatable bonds is 1. The van der Waals surface area contributed by atoms with Crippen molar-refractivity contribution in [2.45, 2.75) is 69.0 Å². The van der Waals surface area contributed by atoms with E-state index in [4.69, 9.17) is 25.8 Å². The maximum Gasteiger partial charge on any atom is 0.409 e. The van der Waals surface area contributed by atoms with Gasteiger partial charge in [-0.05, 0) is 98.2 Å². The summed E-state index contributed by atoms with van der Waals surface area (Å²) >= 11 is 6.34. The van der Waals surface area contributed by atoms with Gasteiger partial charge in [-0.2, -0.15) is 0 Å². The van der Waals surface area contributed by atoms with Gasteiger partial charge in [0.15, 0.2) is 0 Å². The van der Waals surface area contributed by atoms with Crippen molar-refractivity contribution < 1.29 is 32.2 Å². The molecule has 2 aliphatic heterocycles. The van der Waals surface area contributed by atoms with Gasteiger partial charge in [-0.15, -0.1) is 0 Å². The van der Waals surface area contributed by atoms with Crippen LogP contribution in [-0.2, 0) is 37.3 Å². The highest BCUT2D eigenvalue weighted by molar-refractivity contribution is 7.90. The molecule has 2 bridgehead atoms. The second-order valence-corrected chi connectivity index (χ2v) is 15.4. The summed E-state index contributed by atoms with van der Waals surface area (Å²) in [5.41, 5.74) is 1.85. The van der Waals surface area contributed by atoms with Crippen molar-refractivity contribution in [1.82, 2.24) is 9.62 Å². The minimum atomic E-state index is -4.24. The van der Waals surface area contributed by atoms with E-state index in [1.165, 1.54) is 18.1 Å². The number of ether oxygens (including phenoxy) is 3.